The van der Waals surface area contributed by atoms with Crippen LogP contribution in [0.25, 0.3) is 5.69 Å². The van der Waals surface area contributed by atoms with Gasteiger partial charge in [0.05, 0.1) is 37.6 Å². The smallest absolute Gasteiger partial charge is 0.227 e. The fourth-order valence-electron chi connectivity index (χ4n) is 5.99. The first-order chi connectivity index (χ1) is 19.8. The van der Waals surface area contributed by atoms with E-state index in [1.165, 1.54) is 0 Å². The molecule has 11 heteroatoms. The Morgan fingerprint density at radius 2 is 1.88 bits per heavy atom. The maximum atomic E-state index is 13.5. The van der Waals surface area contributed by atoms with Crippen molar-refractivity contribution in [3.63, 3.8) is 0 Å². The fraction of sp³-hybridized carbons (Fsp3) is 0.700. The van der Waals surface area contributed by atoms with Gasteiger partial charge in [-0.2, -0.15) is 0 Å². The maximum absolute atomic E-state index is 13.5. The lowest BCUT2D eigenvalue weighted by Crippen LogP contribution is -2.55. The summed E-state index contributed by atoms with van der Waals surface area (Å²) in [6, 6.07) is 7.69. The van der Waals surface area contributed by atoms with E-state index in [1.807, 2.05) is 33.8 Å². The number of unbranched alkanes of at least 4 members (excludes halogenated alkanes) is 1. The standard InChI is InChI=1S/C30H48N6O5/c1-22(2)19-35(25-18-23(20-33(3)21-25)29(37)34-13-16-41-17-14-34)30(38)28-27(8-6-7-15-39-4)36(32-31-28)24-9-11-26(40-5)12-10-24/h9-12,22-23,25,30,38H,6-8,13-21H2,1-5H3/t23-,25+,30?/m1/s1. The molecule has 11 nitrogen and oxygen atoms in total. The third-order valence-corrected chi connectivity index (χ3v) is 8.01. The van der Waals surface area contributed by atoms with E-state index in [-0.39, 0.29) is 17.9 Å². The van der Waals surface area contributed by atoms with Crippen LogP contribution in [0, 0.1) is 11.8 Å². The molecule has 0 spiro atoms. The van der Waals surface area contributed by atoms with Crippen molar-refractivity contribution < 1.29 is 24.1 Å². The van der Waals surface area contributed by atoms with Gasteiger partial charge in [-0.3, -0.25) is 9.69 Å². The molecular weight excluding hydrogens is 524 g/mol. The summed E-state index contributed by atoms with van der Waals surface area (Å²) >= 11 is 0. The molecular formula is C30H48N6O5. The third kappa shape index (κ3) is 8.04. The van der Waals surface area contributed by atoms with Crippen molar-refractivity contribution in [2.75, 3.05) is 73.8 Å². The van der Waals surface area contributed by atoms with E-state index in [4.69, 9.17) is 14.2 Å². The second kappa shape index (κ2) is 15.1. The number of piperidine rings is 1. The number of methoxy groups -OCH3 is 2. The molecule has 2 aliphatic rings. The van der Waals surface area contributed by atoms with Crippen molar-refractivity contribution in [1.29, 1.82) is 0 Å². The molecule has 1 N–H and O–H groups in total. The van der Waals surface area contributed by atoms with Gasteiger partial charge in [0.2, 0.25) is 5.91 Å². The Labute approximate surface area is 244 Å². The summed E-state index contributed by atoms with van der Waals surface area (Å²) < 4.78 is 17.9. The lowest BCUT2D eigenvalue weighted by atomic mass is 9.91. The summed E-state index contributed by atoms with van der Waals surface area (Å²) in [5.74, 6) is 1.14. The topological polar surface area (TPSA) is 105 Å². The zero-order valence-electron chi connectivity index (χ0n) is 25.4. The largest absolute Gasteiger partial charge is 0.497 e. The molecule has 0 saturated carbocycles. The Balaban J connectivity index is 1.61. The van der Waals surface area contributed by atoms with E-state index >= 15 is 0 Å². The van der Waals surface area contributed by atoms with Crippen LogP contribution in [0.1, 0.15) is 50.7 Å². The first kappa shape index (κ1) is 31.4. The molecule has 1 amide bonds. The maximum Gasteiger partial charge on any atom is 0.227 e. The summed E-state index contributed by atoms with van der Waals surface area (Å²) in [7, 11) is 5.42. The van der Waals surface area contributed by atoms with Gasteiger partial charge in [0.25, 0.3) is 0 Å². The lowest BCUT2D eigenvalue weighted by Gasteiger charge is -2.44. The molecule has 1 aromatic carbocycles. The number of nitrogens with zero attached hydrogens (tertiary/aromatic N) is 6. The van der Waals surface area contributed by atoms with Crippen LogP contribution in [0.5, 0.6) is 5.75 Å². The molecule has 2 fully saturated rings. The van der Waals surface area contributed by atoms with Crippen LogP contribution in [-0.2, 0) is 20.7 Å². The van der Waals surface area contributed by atoms with Gasteiger partial charge in [0.1, 0.15) is 11.4 Å². The highest BCUT2D eigenvalue weighted by Crippen LogP contribution is 2.31. The minimum Gasteiger partial charge on any atom is -0.497 e. The number of likely N-dealkylation sites (tertiary alicyclic amines) is 1. The average Bonchev–Trinajstić information content (AvgIpc) is 3.41. The quantitative estimate of drug-likeness (QED) is 0.286. The number of ether oxygens (including phenoxy) is 3. The van der Waals surface area contributed by atoms with Crippen molar-refractivity contribution in [3.8, 4) is 11.4 Å². The molecule has 41 heavy (non-hydrogen) atoms. The first-order valence-corrected chi connectivity index (χ1v) is 14.9. The van der Waals surface area contributed by atoms with Crippen LogP contribution in [0.3, 0.4) is 0 Å². The van der Waals surface area contributed by atoms with Gasteiger partial charge in [-0.25, -0.2) is 4.68 Å². The number of likely N-dealkylation sites (N-methyl/N-ethyl adjacent to an activating group) is 1. The highest BCUT2D eigenvalue weighted by atomic mass is 16.5. The van der Waals surface area contributed by atoms with Crippen molar-refractivity contribution in [2.24, 2.45) is 11.8 Å². The highest BCUT2D eigenvalue weighted by Gasteiger charge is 2.39. The monoisotopic (exact) mass is 572 g/mol. The predicted molar refractivity (Wildman–Crippen MR) is 156 cm³/mol. The Morgan fingerprint density at radius 3 is 2.54 bits per heavy atom. The van der Waals surface area contributed by atoms with E-state index in [0.29, 0.717) is 63.9 Å². The Kier molecular flexibility index (Phi) is 11.5. The minimum absolute atomic E-state index is 0.00591. The molecule has 0 bridgehead atoms. The zero-order chi connectivity index (χ0) is 29.4. The minimum atomic E-state index is -0.947. The average molecular weight is 573 g/mol. The molecule has 3 atom stereocenters. The zero-order valence-corrected chi connectivity index (χ0v) is 25.4. The first-order valence-electron chi connectivity index (χ1n) is 14.9. The van der Waals surface area contributed by atoms with Gasteiger partial charge in [-0.1, -0.05) is 19.1 Å². The number of hydrogen-bond acceptors (Lipinski definition) is 9. The van der Waals surface area contributed by atoms with E-state index in [0.717, 1.165) is 43.1 Å². The molecule has 0 aliphatic carbocycles. The van der Waals surface area contributed by atoms with Crippen molar-refractivity contribution in [1.82, 2.24) is 29.7 Å². The van der Waals surface area contributed by atoms with Crippen LogP contribution in [0.15, 0.2) is 24.3 Å². The number of aromatic nitrogens is 3. The van der Waals surface area contributed by atoms with Gasteiger partial charge in [0, 0.05) is 52.5 Å². The molecule has 1 unspecified atom stereocenters. The third-order valence-electron chi connectivity index (χ3n) is 8.01. The number of morpholine rings is 1. The molecule has 3 heterocycles. The molecule has 228 valence electrons. The van der Waals surface area contributed by atoms with Crippen molar-refractivity contribution in [3.05, 3.63) is 35.7 Å². The van der Waals surface area contributed by atoms with Crippen LogP contribution in [0.2, 0.25) is 0 Å². The molecule has 0 radical (unpaired) electrons. The number of rotatable bonds is 13. The SMILES string of the molecule is COCCCCc1c(C(O)N(CC(C)C)[C@H]2C[C@@H](C(=O)N3CCOCC3)CN(C)C2)nnn1-c1ccc(OC)cc1. The van der Waals surface area contributed by atoms with Crippen LogP contribution in [-0.4, -0.2) is 121 Å². The fourth-order valence-corrected chi connectivity index (χ4v) is 5.99. The Morgan fingerprint density at radius 1 is 1.15 bits per heavy atom. The summed E-state index contributed by atoms with van der Waals surface area (Å²) in [6.07, 6.45) is 2.22. The molecule has 4 rings (SSSR count). The number of benzene rings is 1. The summed E-state index contributed by atoms with van der Waals surface area (Å²) in [5.41, 5.74) is 2.32. The second-order valence-electron chi connectivity index (χ2n) is 11.7. The van der Waals surface area contributed by atoms with Crippen LogP contribution in [0.4, 0.5) is 0 Å². The van der Waals surface area contributed by atoms with E-state index < -0.39 is 6.23 Å². The Bertz CT molecular complexity index is 1090. The summed E-state index contributed by atoms with van der Waals surface area (Å²) in [4.78, 5) is 19.8. The van der Waals surface area contributed by atoms with Gasteiger partial charge in [-0.15, -0.1) is 5.10 Å². The number of carbonyl (C=O) groups excluding carboxylic acids is 1. The second-order valence-corrected chi connectivity index (χ2v) is 11.7. The molecule has 2 aromatic rings. The molecule has 2 aliphatic heterocycles. The highest BCUT2D eigenvalue weighted by molar-refractivity contribution is 5.79. The van der Waals surface area contributed by atoms with Crippen LogP contribution >= 0.6 is 0 Å². The number of aliphatic hydroxyl groups is 1. The van der Waals surface area contributed by atoms with Gasteiger partial charge in [-0.05, 0) is 62.9 Å². The normalized spacial score (nSPS) is 21.0. The Hall–Kier alpha value is -2.57. The predicted octanol–water partition coefficient (Wildman–Crippen LogP) is 2.37. The summed E-state index contributed by atoms with van der Waals surface area (Å²) in [6.45, 7) is 9.62. The van der Waals surface area contributed by atoms with Crippen molar-refractivity contribution in [2.45, 2.75) is 51.8 Å². The molecule has 1 aromatic heterocycles. The van der Waals surface area contributed by atoms with Gasteiger partial charge >= 0.3 is 0 Å². The summed E-state index contributed by atoms with van der Waals surface area (Å²) in [5, 5.41) is 21.1. The van der Waals surface area contributed by atoms with Crippen molar-refractivity contribution >= 4 is 5.91 Å². The lowest BCUT2D eigenvalue weighted by molar-refractivity contribution is -0.143. The number of aliphatic hydroxyl groups excluding tert-OH is 1. The van der Waals surface area contributed by atoms with E-state index in [9.17, 15) is 9.90 Å². The number of amides is 1. The van der Waals surface area contributed by atoms with E-state index in [1.54, 1.807) is 14.2 Å². The number of carbonyl (C=O) groups is 1. The van der Waals surface area contributed by atoms with Gasteiger partial charge < -0.3 is 29.1 Å². The van der Waals surface area contributed by atoms with E-state index in [2.05, 4.69) is 41.0 Å². The molecule has 2 saturated heterocycles. The number of hydrogen-bond donors (Lipinski definition) is 1. The van der Waals surface area contributed by atoms with Crippen LogP contribution < -0.4 is 4.74 Å². The van der Waals surface area contributed by atoms with Gasteiger partial charge in [0.15, 0.2) is 6.23 Å².